The molecule has 0 spiro atoms. The predicted octanol–water partition coefficient (Wildman–Crippen LogP) is 1.02. The van der Waals surface area contributed by atoms with Crippen LogP contribution in [0.25, 0.3) is 0 Å². The van der Waals surface area contributed by atoms with Gasteiger partial charge in [-0.15, -0.1) is 18.2 Å². The fraction of sp³-hybridized carbons (Fsp3) is 0.667. The van der Waals surface area contributed by atoms with Crippen molar-refractivity contribution >= 4 is 17.7 Å². The molecule has 0 bridgehead atoms. The van der Waals surface area contributed by atoms with Crippen LogP contribution in [0.2, 0.25) is 0 Å². The summed E-state index contributed by atoms with van der Waals surface area (Å²) in [6.07, 6.45) is 7.29. The minimum absolute atomic E-state index is 0.1000. The fourth-order valence-corrected chi connectivity index (χ4v) is 2.30. The zero-order valence-electron chi connectivity index (χ0n) is 7.17. The molecule has 1 fully saturated rings. The van der Waals surface area contributed by atoms with Crippen LogP contribution in [0.3, 0.4) is 0 Å². The summed E-state index contributed by atoms with van der Waals surface area (Å²) in [6, 6.07) is -0.140. The van der Waals surface area contributed by atoms with Crippen LogP contribution >= 0.6 is 11.8 Å². The zero-order valence-corrected chi connectivity index (χ0v) is 7.99. The smallest absolute Gasteiger partial charge is 0.234 e. The lowest BCUT2D eigenvalue weighted by atomic mass is 10.2. The predicted molar refractivity (Wildman–Crippen MR) is 51.9 cm³/mol. The summed E-state index contributed by atoms with van der Waals surface area (Å²) in [4.78, 5) is 11.4. The highest BCUT2D eigenvalue weighted by Crippen LogP contribution is 2.25. The van der Waals surface area contributed by atoms with Gasteiger partial charge in [-0.1, -0.05) is 5.92 Å². The molecule has 0 aromatic carbocycles. The first-order chi connectivity index (χ1) is 5.74. The Kier molecular flexibility index (Phi) is 3.48. The van der Waals surface area contributed by atoms with E-state index in [4.69, 9.17) is 6.42 Å². The Morgan fingerprint density at radius 1 is 1.83 bits per heavy atom. The summed E-state index contributed by atoms with van der Waals surface area (Å²) < 4.78 is 0. The highest BCUT2D eigenvalue weighted by molar-refractivity contribution is 8.00. The molecule has 1 N–H and O–H groups in total. The first-order valence-electron chi connectivity index (χ1n) is 4.12. The van der Waals surface area contributed by atoms with Crippen LogP contribution in [0.4, 0.5) is 0 Å². The van der Waals surface area contributed by atoms with E-state index in [9.17, 15) is 4.79 Å². The standard InChI is InChI=1S/C9H13NOS/c1-3-7(2)10-9(11)8-5-4-6-12-8/h1,7-8H,4-6H2,2H3,(H,10,11). The molecule has 2 unspecified atom stereocenters. The van der Waals surface area contributed by atoms with Crippen LogP contribution in [0.5, 0.6) is 0 Å². The SMILES string of the molecule is C#CC(C)NC(=O)C1CCCS1. The van der Waals surface area contributed by atoms with Gasteiger partial charge in [-0.25, -0.2) is 0 Å². The summed E-state index contributed by atoms with van der Waals surface area (Å²) in [5, 5.41) is 2.92. The Bertz CT molecular complexity index is 203. The Hall–Kier alpha value is -0.620. The summed E-state index contributed by atoms with van der Waals surface area (Å²) in [5.41, 5.74) is 0. The van der Waals surface area contributed by atoms with Gasteiger partial charge in [0.15, 0.2) is 0 Å². The molecule has 1 amide bonds. The molecule has 0 aliphatic carbocycles. The fourth-order valence-electron chi connectivity index (χ4n) is 1.13. The second kappa shape index (κ2) is 4.42. The van der Waals surface area contributed by atoms with Crippen LogP contribution in [-0.4, -0.2) is 23.0 Å². The summed E-state index contributed by atoms with van der Waals surface area (Å²) in [5.74, 6) is 3.68. The Balaban J connectivity index is 2.33. The molecule has 1 aliphatic rings. The number of amides is 1. The van der Waals surface area contributed by atoms with Crippen molar-refractivity contribution in [1.29, 1.82) is 0 Å². The average Bonchev–Trinajstić information content (AvgIpc) is 2.56. The number of hydrogen-bond donors (Lipinski definition) is 1. The summed E-state index contributed by atoms with van der Waals surface area (Å²) >= 11 is 1.72. The third-order valence-corrected chi connectivity index (χ3v) is 3.21. The van der Waals surface area contributed by atoms with Crippen molar-refractivity contribution in [3.63, 3.8) is 0 Å². The van der Waals surface area contributed by atoms with Gasteiger partial charge in [-0.3, -0.25) is 4.79 Å². The summed E-state index contributed by atoms with van der Waals surface area (Å²) in [7, 11) is 0. The van der Waals surface area contributed by atoms with E-state index in [0.717, 1.165) is 18.6 Å². The molecule has 3 heteroatoms. The normalized spacial score (nSPS) is 24.5. The number of terminal acetylenes is 1. The van der Waals surface area contributed by atoms with Crippen LogP contribution in [0, 0.1) is 12.3 Å². The Labute approximate surface area is 77.5 Å². The van der Waals surface area contributed by atoms with E-state index in [-0.39, 0.29) is 17.2 Å². The highest BCUT2D eigenvalue weighted by Gasteiger charge is 2.23. The van der Waals surface area contributed by atoms with E-state index in [2.05, 4.69) is 11.2 Å². The van der Waals surface area contributed by atoms with Crippen molar-refractivity contribution in [2.24, 2.45) is 0 Å². The minimum atomic E-state index is -0.140. The molecule has 0 aromatic rings. The quantitative estimate of drug-likeness (QED) is 0.648. The lowest BCUT2D eigenvalue weighted by molar-refractivity contribution is -0.120. The van der Waals surface area contributed by atoms with Gasteiger partial charge in [0.05, 0.1) is 11.3 Å². The summed E-state index contributed by atoms with van der Waals surface area (Å²) in [6.45, 7) is 1.82. The highest BCUT2D eigenvalue weighted by atomic mass is 32.2. The maximum absolute atomic E-state index is 11.4. The molecule has 66 valence electrons. The molecule has 1 heterocycles. The molecule has 1 rings (SSSR count). The lowest BCUT2D eigenvalue weighted by Crippen LogP contribution is -2.37. The van der Waals surface area contributed by atoms with Gasteiger partial charge in [-0.2, -0.15) is 0 Å². The number of hydrogen-bond acceptors (Lipinski definition) is 2. The van der Waals surface area contributed by atoms with E-state index in [0.29, 0.717) is 0 Å². The third-order valence-electron chi connectivity index (χ3n) is 1.83. The second-order valence-electron chi connectivity index (χ2n) is 2.90. The maximum Gasteiger partial charge on any atom is 0.234 e. The molecule has 2 atom stereocenters. The van der Waals surface area contributed by atoms with Gasteiger partial charge >= 0.3 is 0 Å². The Morgan fingerprint density at radius 2 is 2.58 bits per heavy atom. The molecule has 1 aliphatic heterocycles. The van der Waals surface area contributed by atoms with Crippen LogP contribution in [0.1, 0.15) is 19.8 Å². The van der Waals surface area contributed by atoms with Crippen LogP contribution in [0.15, 0.2) is 0 Å². The molecule has 12 heavy (non-hydrogen) atoms. The van der Waals surface area contributed by atoms with Crippen molar-refractivity contribution < 1.29 is 4.79 Å². The van der Waals surface area contributed by atoms with E-state index in [1.165, 1.54) is 0 Å². The van der Waals surface area contributed by atoms with Crippen molar-refractivity contribution in [2.45, 2.75) is 31.1 Å². The van der Waals surface area contributed by atoms with Gasteiger partial charge in [0, 0.05) is 0 Å². The minimum Gasteiger partial charge on any atom is -0.342 e. The number of thioether (sulfide) groups is 1. The maximum atomic E-state index is 11.4. The average molecular weight is 183 g/mol. The molecule has 2 nitrogen and oxygen atoms in total. The molecule has 0 radical (unpaired) electrons. The van der Waals surface area contributed by atoms with Gasteiger partial charge < -0.3 is 5.32 Å². The third kappa shape index (κ3) is 2.46. The van der Waals surface area contributed by atoms with Gasteiger partial charge in [0.1, 0.15) is 0 Å². The molecule has 0 aromatic heterocycles. The lowest BCUT2D eigenvalue weighted by Gasteiger charge is -2.11. The van der Waals surface area contributed by atoms with Crippen molar-refractivity contribution in [3.8, 4) is 12.3 Å². The van der Waals surface area contributed by atoms with Crippen molar-refractivity contribution in [1.82, 2.24) is 5.32 Å². The van der Waals surface area contributed by atoms with Crippen LogP contribution < -0.4 is 5.32 Å². The first-order valence-corrected chi connectivity index (χ1v) is 5.17. The van der Waals surface area contributed by atoms with Crippen molar-refractivity contribution in [3.05, 3.63) is 0 Å². The van der Waals surface area contributed by atoms with Crippen molar-refractivity contribution in [2.75, 3.05) is 5.75 Å². The van der Waals surface area contributed by atoms with E-state index in [1.54, 1.807) is 11.8 Å². The molecule has 0 saturated carbocycles. The van der Waals surface area contributed by atoms with E-state index >= 15 is 0 Å². The topological polar surface area (TPSA) is 29.1 Å². The Morgan fingerprint density at radius 3 is 3.08 bits per heavy atom. The van der Waals surface area contributed by atoms with Crippen LogP contribution in [-0.2, 0) is 4.79 Å². The van der Waals surface area contributed by atoms with Gasteiger partial charge in [0.25, 0.3) is 0 Å². The zero-order chi connectivity index (χ0) is 8.97. The second-order valence-corrected chi connectivity index (χ2v) is 4.21. The molecule has 1 saturated heterocycles. The van der Waals surface area contributed by atoms with Gasteiger partial charge in [0.2, 0.25) is 5.91 Å². The number of carbonyl (C=O) groups is 1. The number of rotatable bonds is 2. The number of nitrogens with one attached hydrogen (secondary N) is 1. The number of carbonyl (C=O) groups excluding carboxylic acids is 1. The monoisotopic (exact) mass is 183 g/mol. The molecular weight excluding hydrogens is 170 g/mol. The van der Waals surface area contributed by atoms with E-state index < -0.39 is 0 Å². The largest absolute Gasteiger partial charge is 0.342 e. The van der Waals surface area contributed by atoms with E-state index in [1.807, 2.05) is 6.92 Å². The first kappa shape index (κ1) is 9.47. The van der Waals surface area contributed by atoms with Gasteiger partial charge in [-0.05, 0) is 25.5 Å². The molecular formula is C9H13NOS.